The lowest BCUT2D eigenvalue weighted by atomic mass is 9.85. The van der Waals surface area contributed by atoms with Crippen molar-refractivity contribution in [2.45, 2.75) is 12.0 Å². The van der Waals surface area contributed by atoms with Gasteiger partial charge in [-0.25, -0.2) is 0 Å². The summed E-state index contributed by atoms with van der Waals surface area (Å²) >= 11 is 0. The zero-order chi connectivity index (χ0) is 10.9. The molecule has 1 atom stereocenters. The molecule has 4 nitrogen and oxygen atoms in total. The Morgan fingerprint density at radius 1 is 1.47 bits per heavy atom. The Kier molecular flexibility index (Phi) is 2.58. The van der Waals surface area contributed by atoms with Crippen molar-refractivity contribution >= 4 is 7.85 Å². The highest BCUT2D eigenvalue weighted by atomic mass is 16.7. The molecule has 0 aromatic heterocycles. The monoisotopic (exact) mass is 207 g/mol. The molecule has 2 N–H and O–H groups in total. The number of aliphatic hydroxyl groups is 1. The number of hydrogen-bond donors (Lipinski definition) is 2. The van der Waals surface area contributed by atoms with Crippen molar-refractivity contribution in [3.63, 3.8) is 0 Å². The van der Waals surface area contributed by atoms with E-state index >= 15 is 0 Å². The second-order valence-corrected chi connectivity index (χ2v) is 3.89. The molecule has 0 bridgehead atoms. The average Bonchev–Trinajstić information content (AvgIpc) is 2.64. The van der Waals surface area contributed by atoms with Crippen LogP contribution in [0.4, 0.5) is 0 Å². The lowest BCUT2D eigenvalue weighted by Crippen LogP contribution is -2.45. The molecule has 1 aromatic carbocycles. The average molecular weight is 207 g/mol. The van der Waals surface area contributed by atoms with Gasteiger partial charge in [0.15, 0.2) is 19.3 Å². The fourth-order valence-electron chi connectivity index (χ4n) is 1.54. The fourth-order valence-corrected chi connectivity index (χ4v) is 1.54. The molecular formula is C10H14BNO3. The van der Waals surface area contributed by atoms with Crippen LogP contribution < -0.4 is 14.8 Å². The third kappa shape index (κ3) is 2.24. The van der Waals surface area contributed by atoms with Crippen molar-refractivity contribution < 1.29 is 14.6 Å². The number of nitrogens with one attached hydrogen (secondary N) is 1. The van der Waals surface area contributed by atoms with Crippen LogP contribution in [0, 0.1) is 0 Å². The molecule has 5 heteroatoms. The van der Waals surface area contributed by atoms with Gasteiger partial charge in [0.25, 0.3) is 0 Å². The molecule has 0 saturated heterocycles. The predicted molar refractivity (Wildman–Crippen MR) is 58.8 cm³/mol. The van der Waals surface area contributed by atoms with Gasteiger partial charge in [0.2, 0.25) is 6.79 Å². The molecule has 15 heavy (non-hydrogen) atoms. The maximum atomic E-state index is 9.84. The molecule has 0 fully saturated rings. The van der Waals surface area contributed by atoms with Crippen LogP contribution in [0.15, 0.2) is 18.2 Å². The molecule has 80 valence electrons. The van der Waals surface area contributed by atoms with Crippen LogP contribution in [0.1, 0.15) is 5.56 Å². The topological polar surface area (TPSA) is 50.7 Å². The SMILES string of the molecule is BC(O)(Cc1ccc2c(c1)OCO2)NC. The van der Waals surface area contributed by atoms with Crippen LogP contribution in [0.25, 0.3) is 0 Å². The van der Waals surface area contributed by atoms with E-state index in [0.717, 1.165) is 17.1 Å². The van der Waals surface area contributed by atoms with Gasteiger partial charge in [0, 0.05) is 6.42 Å². The minimum atomic E-state index is -0.895. The number of ether oxygens (including phenoxy) is 2. The molecule has 0 spiro atoms. The number of hydrogen-bond acceptors (Lipinski definition) is 4. The summed E-state index contributed by atoms with van der Waals surface area (Å²) in [4.78, 5) is 0. The van der Waals surface area contributed by atoms with Gasteiger partial charge in [-0.05, 0) is 24.7 Å². The maximum Gasteiger partial charge on any atom is 0.231 e. The van der Waals surface area contributed by atoms with E-state index in [1.54, 1.807) is 14.9 Å². The van der Waals surface area contributed by atoms with E-state index in [9.17, 15) is 5.11 Å². The summed E-state index contributed by atoms with van der Waals surface area (Å²) < 4.78 is 10.5. The Morgan fingerprint density at radius 3 is 2.93 bits per heavy atom. The normalized spacial score (nSPS) is 17.5. The number of benzene rings is 1. The summed E-state index contributed by atoms with van der Waals surface area (Å²) in [7, 11) is 3.46. The van der Waals surface area contributed by atoms with Crippen LogP contribution in [-0.4, -0.2) is 32.4 Å². The Hall–Kier alpha value is -1.20. The van der Waals surface area contributed by atoms with Gasteiger partial charge in [-0.15, -0.1) is 0 Å². The molecule has 0 aliphatic carbocycles. The molecule has 0 amide bonds. The van der Waals surface area contributed by atoms with Gasteiger partial charge in [-0.3, -0.25) is 0 Å². The zero-order valence-corrected chi connectivity index (χ0v) is 8.91. The number of likely N-dealkylation sites (N-methyl/N-ethyl adjacent to an activating group) is 1. The van der Waals surface area contributed by atoms with Gasteiger partial charge in [-0.2, -0.15) is 0 Å². The molecule has 1 aliphatic heterocycles. The highest BCUT2D eigenvalue weighted by Gasteiger charge is 2.20. The smallest absolute Gasteiger partial charge is 0.231 e. The van der Waals surface area contributed by atoms with Crippen molar-refractivity contribution in [1.29, 1.82) is 0 Å². The van der Waals surface area contributed by atoms with Crippen molar-refractivity contribution in [2.24, 2.45) is 0 Å². The second kappa shape index (κ2) is 3.75. The summed E-state index contributed by atoms with van der Waals surface area (Å²) in [5.74, 6) is 1.52. The van der Waals surface area contributed by atoms with E-state index in [4.69, 9.17) is 9.47 Å². The quantitative estimate of drug-likeness (QED) is 0.516. The van der Waals surface area contributed by atoms with Gasteiger partial charge in [-0.1, -0.05) is 6.07 Å². The molecule has 1 heterocycles. The fraction of sp³-hybridized carbons (Fsp3) is 0.400. The van der Waals surface area contributed by atoms with Crippen molar-refractivity contribution in [1.82, 2.24) is 5.32 Å². The summed E-state index contributed by atoms with van der Waals surface area (Å²) in [6, 6.07) is 5.69. The van der Waals surface area contributed by atoms with E-state index in [1.165, 1.54) is 0 Å². The highest BCUT2D eigenvalue weighted by Crippen LogP contribution is 2.32. The van der Waals surface area contributed by atoms with Crippen LogP contribution >= 0.6 is 0 Å². The maximum absolute atomic E-state index is 9.84. The minimum Gasteiger partial charge on any atom is -0.454 e. The highest BCUT2D eigenvalue weighted by molar-refractivity contribution is 6.14. The first-order valence-corrected chi connectivity index (χ1v) is 4.90. The Bertz CT molecular complexity index is 368. The van der Waals surface area contributed by atoms with Crippen molar-refractivity contribution in [2.75, 3.05) is 13.8 Å². The number of fused-ring (bicyclic) bond motifs is 1. The number of rotatable bonds is 3. The summed E-state index contributed by atoms with van der Waals surface area (Å²) in [5, 5.41) is 12.7. The van der Waals surface area contributed by atoms with Crippen LogP contribution in [0.3, 0.4) is 0 Å². The molecule has 1 aromatic rings. The van der Waals surface area contributed by atoms with Gasteiger partial charge < -0.3 is 19.9 Å². The molecule has 1 unspecified atom stereocenters. The van der Waals surface area contributed by atoms with Crippen LogP contribution in [-0.2, 0) is 6.42 Å². The molecule has 0 saturated carbocycles. The van der Waals surface area contributed by atoms with Crippen LogP contribution in [0.5, 0.6) is 11.5 Å². The molecule has 0 radical (unpaired) electrons. The van der Waals surface area contributed by atoms with E-state index in [0.29, 0.717) is 6.42 Å². The molecule has 2 rings (SSSR count). The Morgan fingerprint density at radius 2 is 2.20 bits per heavy atom. The zero-order valence-electron chi connectivity index (χ0n) is 8.91. The lowest BCUT2D eigenvalue weighted by molar-refractivity contribution is 0.0997. The van der Waals surface area contributed by atoms with Gasteiger partial charge in [0.05, 0.1) is 5.62 Å². The van der Waals surface area contributed by atoms with Crippen molar-refractivity contribution in [3.05, 3.63) is 23.8 Å². The first-order valence-electron chi connectivity index (χ1n) is 4.90. The van der Waals surface area contributed by atoms with Crippen molar-refractivity contribution in [3.8, 4) is 11.5 Å². The third-order valence-electron chi connectivity index (χ3n) is 2.52. The van der Waals surface area contributed by atoms with Crippen LogP contribution in [0.2, 0.25) is 0 Å². The molecule has 1 aliphatic rings. The summed E-state index contributed by atoms with van der Waals surface area (Å²) in [6.45, 7) is 0.279. The Labute approximate surface area is 89.6 Å². The first kappa shape index (κ1) is 10.3. The van der Waals surface area contributed by atoms with E-state index in [-0.39, 0.29) is 6.79 Å². The van der Waals surface area contributed by atoms with Gasteiger partial charge in [0.1, 0.15) is 0 Å². The standard InChI is InChI=1S/C10H14BNO3/c1-12-10(11,13)5-7-2-3-8-9(4-7)15-6-14-8/h2-4,12-13H,5-6,11H2,1H3. The molecular weight excluding hydrogens is 193 g/mol. The van der Waals surface area contributed by atoms with E-state index < -0.39 is 5.62 Å². The summed E-state index contributed by atoms with van der Waals surface area (Å²) in [6.07, 6.45) is 0.528. The first-order chi connectivity index (χ1) is 7.11. The second-order valence-electron chi connectivity index (χ2n) is 3.89. The Balaban J connectivity index is 2.17. The predicted octanol–water partition coefficient (Wildman–Crippen LogP) is -0.544. The lowest BCUT2D eigenvalue weighted by Gasteiger charge is -2.22. The van der Waals surface area contributed by atoms with E-state index in [2.05, 4.69) is 5.32 Å². The largest absolute Gasteiger partial charge is 0.454 e. The van der Waals surface area contributed by atoms with E-state index in [1.807, 2.05) is 18.2 Å². The third-order valence-corrected chi connectivity index (χ3v) is 2.52. The summed E-state index contributed by atoms with van der Waals surface area (Å²) in [5.41, 5.74) is 0.117. The minimum absolute atomic E-state index is 0.279. The van der Waals surface area contributed by atoms with Gasteiger partial charge >= 0.3 is 0 Å².